The molecule has 1 rings (SSSR count). The fraction of sp³-hybridized carbons (Fsp3) is 0.500. The number of unbranched alkanes of at least 4 members (excludes halogenated alkanes) is 2. The zero-order chi connectivity index (χ0) is 13.2. The number of amides is 1. The lowest BCUT2D eigenvalue weighted by Crippen LogP contribution is -2.14. The molecule has 0 spiro atoms. The van der Waals surface area contributed by atoms with Gasteiger partial charge in [0.1, 0.15) is 12.4 Å². The SMILES string of the molecule is CCCCCC(=O)Nc1ccccc1OCCN. The highest BCUT2D eigenvalue weighted by molar-refractivity contribution is 5.92. The molecule has 0 fully saturated rings. The van der Waals surface area contributed by atoms with Crippen LogP contribution in [-0.4, -0.2) is 19.1 Å². The summed E-state index contributed by atoms with van der Waals surface area (Å²) < 4.78 is 5.47. The van der Waals surface area contributed by atoms with E-state index in [1.807, 2.05) is 24.3 Å². The van der Waals surface area contributed by atoms with Gasteiger partial charge in [0.2, 0.25) is 5.91 Å². The molecule has 3 N–H and O–H groups in total. The van der Waals surface area contributed by atoms with Crippen LogP contribution >= 0.6 is 0 Å². The number of nitrogens with two attached hydrogens (primary N) is 1. The number of para-hydroxylation sites is 2. The normalized spacial score (nSPS) is 10.1. The van der Waals surface area contributed by atoms with Gasteiger partial charge in [-0.05, 0) is 18.6 Å². The van der Waals surface area contributed by atoms with Crippen LogP contribution < -0.4 is 15.8 Å². The van der Waals surface area contributed by atoms with E-state index in [9.17, 15) is 4.79 Å². The molecule has 0 saturated carbocycles. The summed E-state index contributed by atoms with van der Waals surface area (Å²) in [4.78, 5) is 11.7. The Labute approximate surface area is 109 Å². The summed E-state index contributed by atoms with van der Waals surface area (Å²) in [5.41, 5.74) is 6.11. The molecule has 4 heteroatoms. The zero-order valence-electron chi connectivity index (χ0n) is 10.9. The molecule has 0 bridgehead atoms. The smallest absolute Gasteiger partial charge is 0.224 e. The van der Waals surface area contributed by atoms with Crippen LogP contribution in [0, 0.1) is 0 Å². The highest BCUT2D eigenvalue weighted by atomic mass is 16.5. The summed E-state index contributed by atoms with van der Waals surface area (Å²) in [7, 11) is 0. The van der Waals surface area contributed by atoms with E-state index in [-0.39, 0.29) is 5.91 Å². The Balaban J connectivity index is 2.51. The number of hydrogen-bond acceptors (Lipinski definition) is 3. The maximum Gasteiger partial charge on any atom is 0.224 e. The van der Waals surface area contributed by atoms with E-state index < -0.39 is 0 Å². The average molecular weight is 250 g/mol. The molecule has 0 aromatic heterocycles. The van der Waals surface area contributed by atoms with Crippen LogP contribution in [-0.2, 0) is 4.79 Å². The molecule has 0 saturated heterocycles. The van der Waals surface area contributed by atoms with Gasteiger partial charge in [0.25, 0.3) is 0 Å². The summed E-state index contributed by atoms with van der Waals surface area (Å²) >= 11 is 0. The van der Waals surface area contributed by atoms with Gasteiger partial charge >= 0.3 is 0 Å². The summed E-state index contributed by atoms with van der Waals surface area (Å²) in [6, 6.07) is 7.41. The van der Waals surface area contributed by atoms with Crippen molar-refractivity contribution in [3.05, 3.63) is 24.3 Å². The molecule has 0 aliphatic heterocycles. The third-order valence-electron chi connectivity index (χ3n) is 2.54. The minimum absolute atomic E-state index is 0.0345. The van der Waals surface area contributed by atoms with Gasteiger partial charge in [0.15, 0.2) is 0 Å². The Bertz CT molecular complexity index is 367. The van der Waals surface area contributed by atoms with E-state index in [0.717, 1.165) is 19.3 Å². The van der Waals surface area contributed by atoms with Gasteiger partial charge in [-0.15, -0.1) is 0 Å². The van der Waals surface area contributed by atoms with Crippen LogP contribution in [0.3, 0.4) is 0 Å². The molecule has 1 amide bonds. The van der Waals surface area contributed by atoms with Crippen LogP contribution in [0.4, 0.5) is 5.69 Å². The Morgan fingerprint density at radius 3 is 2.83 bits per heavy atom. The van der Waals surface area contributed by atoms with Crippen LogP contribution in [0.25, 0.3) is 0 Å². The second-order valence-corrected chi connectivity index (χ2v) is 4.14. The zero-order valence-corrected chi connectivity index (χ0v) is 10.9. The highest BCUT2D eigenvalue weighted by Gasteiger charge is 2.06. The van der Waals surface area contributed by atoms with E-state index >= 15 is 0 Å². The van der Waals surface area contributed by atoms with Crippen molar-refractivity contribution in [1.82, 2.24) is 0 Å². The quantitative estimate of drug-likeness (QED) is 0.697. The molecule has 0 unspecified atom stereocenters. The van der Waals surface area contributed by atoms with Crippen molar-refractivity contribution >= 4 is 11.6 Å². The number of anilines is 1. The van der Waals surface area contributed by atoms with Crippen molar-refractivity contribution in [3.8, 4) is 5.75 Å². The first-order valence-electron chi connectivity index (χ1n) is 6.49. The van der Waals surface area contributed by atoms with Gasteiger partial charge < -0.3 is 15.8 Å². The van der Waals surface area contributed by atoms with Crippen molar-refractivity contribution in [1.29, 1.82) is 0 Å². The Morgan fingerprint density at radius 2 is 2.11 bits per heavy atom. The van der Waals surface area contributed by atoms with Gasteiger partial charge in [-0.3, -0.25) is 4.79 Å². The van der Waals surface area contributed by atoms with Gasteiger partial charge in [0.05, 0.1) is 5.69 Å². The molecule has 4 nitrogen and oxygen atoms in total. The predicted molar refractivity (Wildman–Crippen MR) is 73.8 cm³/mol. The summed E-state index contributed by atoms with van der Waals surface area (Å²) in [6.07, 6.45) is 3.68. The van der Waals surface area contributed by atoms with Gasteiger partial charge in [-0.2, -0.15) is 0 Å². The van der Waals surface area contributed by atoms with Crippen molar-refractivity contribution in [2.24, 2.45) is 5.73 Å². The Hall–Kier alpha value is -1.55. The Kier molecular flexibility index (Phi) is 6.87. The lowest BCUT2D eigenvalue weighted by Gasteiger charge is -2.11. The van der Waals surface area contributed by atoms with Crippen LogP contribution in [0.1, 0.15) is 32.6 Å². The second-order valence-electron chi connectivity index (χ2n) is 4.14. The third-order valence-corrected chi connectivity index (χ3v) is 2.54. The topological polar surface area (TPSA) is 64.3 Å². The number of carbonyl (C=O) groups is 1. The molecular weight excluding hydrogens is 228 g/mol. The van der Waals surface area contributed by atoms with Crippen LogP contribution in [0.15, 0.2) is 24.3 Å². The number of ether oxygens (including phenoxy) is 1. The monoisotopic (exact) mass is 250 g/mol. The van der Waals surface area contributed by atoms with E-state index in [1.54, 1.807) is 0 Å². The lowest BCUT2D eigenvalue weighted by molar-refractivity contribution is -0.116. The molecular formula is C14H22N2O2. The number of hydrogen-bond donors (Lipinski definition) is 2. The summed E-state index contributed by atoms with van der Waals surface area (Å²) in [5.74, 6) is 0.707. The molecule has 0 atom stereocenters. The molecule has 0 radical (unpaired) electrons. The van der Waals surface area contributed by atoms with Crippen molar-refractivity contribution in [3.63, 3.8) is 0 Å². The minimum Gasteiger partial charge on any atom is -0.490 e. The second kappa shape index (κ2) is 8.53. The number of carbonyl (C=O) groups excluding carboxylic acids is 1. The van der Waals surface area contributed by atoms with Crippen molar-refractivity contribution in [2.75, 3.05) is 18.5 Å². The minimum atomic E-state index is 0.0345. The van der Waals surface area contributed by atoms with Gasteiger partial charge in [-0.1, -0.05) is 31.9 Å². The van der Waals surface area contributed by atoms with Gasteiger partial charge in [0, 0.05) is 13.0 Å². The van der Waals surface area contributed by atoms with E-state index in [4.69, 9.17) is 10.5 Å². The third kappa shape index (κ3) is 5.19. The molecule has 0 aliphatic rings. The first kappa shape index (κ1) is 14.5. The average Bonchev–Trinajstić information content (AvgIpc) is 2.38. The molecule has 0 aliphatic carbocycles. The summed E-state index contributed by atoms with van der Waals surface area (Å²) in [6.45, 7) is 3.02. The maximum absolute atomic E-state index is 11.7. The fourth-order valence-electron chi connectivity index (χ4n) is 1.61. The molecule has 1 aromatic rings. The van der Waals surface area contributed by atoms with Crippen LogP contribution in [0.2, 0.25) is 0 Å². The molecule has 1 aromatic carbocycles. The van der Waals surface area contributed by atoms with E-state index in [2.05, 4.69) is 12.2 Å². The number of benzene rings is 1. The molecule has 100 valence electrons. The Morgan fingerprint density at radius 1 is 1.33 bits per heavy atom. The number of nitrogens with one attached hydrogen (secondary N) is 1. The van der Waals surface area contributed by atoms with E-state index in [1.165, 1.54) is 0 Å². The largest absolute Gasteiger partial charge is 0.490 e. The van der Waals surface area contributed by atoms with Crippen LogP contribution in [0.5, 0.6) is 5.75 Å². The van der Waals surface area contributed by atoms with Crippen molar-refractivity contribution in [2.45, 2.75) is 32.6 Å². The first-order chi connectivity index (χ1) is 8.77. The van der Waals surface area contributed by atoms with Gasteiger partial charge in [-0.25, -0.2) is 0 Å². The first-order valence-corrected chi connectivity index (χ1v) is 6.49. The lowest BCUT2D eigenvalue weighted by atomic mass is 10.2. The molecule has 0 heterocycles. The summed E-state index contributed by atoms with van der Waals surface area (Å²) in [5, 5.41) is 2.87. The number of rotatable bonds is 8. The van der Waals surface area contributed by atoms with Crippen molar-refractivity contribution < 1.29 is 9.53 Å². The highest BCUT2D eigenvalue weighted by Crippen LogP contribution is 2.23. The fourth-order valence-corrected chi connectivity index (χ4v) is 1.61. The standard InChI is InChI=1S/C14H22N2O2/c1-2-3-4-9-14(17)16-12-7-5-6-8-13(12)18-11-10-15/h5-8H,2-4,9-11,15H2,1H3,(H,16,17). The maximum atomic E-state index is 11.7. The van der Waals surface area contributed by atoms with E-state index in [0.29, 0.717) is 31.0 Å². The molecule has 18 heavy (non-hydrogen) atoms. The predicted octanol–water partition coefficient (Wildman–Crippen LogP) is 2.54.